The van der Waals surface area contributed by atoms with E-state index in [4.69, 9.17) is 14.2 Å². The van der Waals surface area contributed by atoms with Crippen LogP contribution in [0.15, 0.2) is 65.1 Å². The summed E-state index contributed by atoms with van der Waals surface area (Å²) in [6, 6.07) is 15.8. The number of amides is 3. The summed E-state index contributed by atoms with van der Waals surface area (Å²) in [4.78, 5) is 28.6. The number of likely N-dealkylation sites (N-methyl/N-ethyl adjacent to an activating group) is 1. The Bertz CT molecular complexity index is 1260. The maximum atomic E-state index is 13.4. The quantitative estimate of drug-likeness (QED) is 0.480. The van der Waals surface area contributed by atoms with E-state index in [9.17, 15) is 9.59 Å². The number of para-hydroxylation sites is 2. The first-order valence-corrected chi connectivity index (χ1v) is 12.1. The molecule has 4 rings (SSSR count). The third-order valence-corrected chi connectivity index (χ3v) is 6.75. The SMILES string of the molecule is COc1ccccc1NC(=O)N(C)CC(=O)N1N=C(c2cccs2)CC1c1ccc(OC)c(OC)c1. The number of nitrogens with zero attached hydrogens (tertiary/aromatic N) is 3. The predicted molar refractivity (Wildman–Crippen MR) is 139 cm³/mol. The first-order valence-electron chi connectivity index (χ1n) is 11.3. The van der Waals surface area contributed by atoms with Gasteiger partial charge in [0, 0.05) is 13.5 Å². The molecule has 0 aliphatic carbocycles. The second-order valence-electron chi connectivity index (χ2n) is 8.08. The highest BCUT2D eigenvalue weighted by Gasteiger charge is 2.34. The molecule has 0 radical (unpaired) electrons. The third-order valence-electron chi connectivity index (χ3n) is 5.83. The molecule has 1 unspecified atom stereocenters. The topological polar surface area (TPSA) is 92.7 Å². The van der Waals surface area contributed by atoms with Gasteiger partial charge in [-0.05, 0) is 41.3 Å². The van der Waals surface area contributed by atoms with Gasteiger partial charge in [-0.3, -0.25) is 4.79 Å². The maximum Gasteiger partial charge on any atom is 0.322 e. The normalized spacial score (nSPS) is 14.7. The fourth-order valence-corrected chi connectivity index (χ4v) is 4.68. The Hall–Kier alpha value is -4.05. The van der Waals surface area contributed by atoms with Crippen LogP contribution in [0.5, 0.6) is 17.2 Å². The summed E-state index contributed by atoms with van der Waals surface area (Å²) in [6.45, 7) is -0.161. The molecule has 188 valence electrons. The number of hydrogen-bond donors (Lipinski definition) is 1. The molecule has 0 fully saturated rings. The Morgan fingerprint density at radius 2 is 1.78 bits per heavy atom. The van der Waals surface area contributed by atoms with Gasteiger partial charge in [0.1, 0.15) is 12.3 Å². The van der Waals surface area contributed by atoms with Crippen LogP contribution < -0.4 is 19.5 Å². The minimum atomic E-state index is -0.433. The fourth-order valence-electron chi connectivity index (χ4n) is 3.96. The van der Waals surface area contributed by atoms with Crippen molar-refractivity contribution in [2.75, 3.05) is 40.2 Å². The standard InChI is InChI=1S/C26H28N4O5S/c1-29(26(32)27-18-8-5-6-9-21(18)33-2)16-25(31)30-20(15-19(28-30)24-10-7-13-36-24)17-11-12-22(34-3)23(14-17)35-4/h5-14,20H,15-16H2,1-4H3,(H,27,32). The lowest BCUT2D eigenvalue weighted by Gasteiger charge is -2.25. The number of benzene rings is 2. The molecule has 3 aromatic rings. The lowest BCUT2D eigenvalue weighted by molar-refractivity contribution is -0.133. The number of ether oxygens (including phenoxy) is 3. The predicted octanol–water partition coefficient (Wildman–Crippen LogP) is 4.62. The molecule has 9 nitrogen and oxygen atoms in total. The van der Waals surface area contributed by atoms with E-state index in [1.54, 1.807) is 50.8 Å². The molecule has 36 heavy (non-hydrogen) atoms. The van der Waals surface area contributed by atoms with Gasteiger partial charge in [0.25, 0.3) is 5.91 Å². The van der Waals surface area contributed by atoms with E-state index in [0.717, 1.165) is 16.2 Å². The minimum absolute atomic E-state index is 0.161. The molecule has 1 N–H and O–H groups in total. The second kappa shape index (κ2) is 11.1. The Kier molecular flexibility index (Phi) is 7.74. The van der Waals surface area contributed by atoms with Crippen molar-refractivity contribution in [1.82, 2.24) is 9.91 Å². The third kappa shape index (κ3) is 5.28. The van der Waals surface area contributed by atoms with E-state index >= 15 is 0 Å². The van der Waals surface area contributed by atoms with Crippen LogP contribution in [0.3, 0.4) is 0 Å². The van der Waals surface area contributed by atoms with Gasteiger partial charge in [0.15, 0.2) is 11.5 Å². The summed E-state index contributed by atoms with van der Waals surface area (Å²) in [7, 11) is 6.24. The lowest BCUT2D eigenvalue weighted by atomic mass is 10.0. The second-order valence-corrected chi connectivity index (χ2v) is 9.03. The molecule has 0 bridgehead atoms. The summed E-state index contributed by atoms with van der Waals surface area (Å²) in [5.41, 5.74) is 2.20. The highest BCUT2D eigenvalue weighted by molar-refractivity contribution is 7.12. The summed E-state index contributed by atoms with van der Waals surface area (Å²) in [6.07, 6.45) is 0.541. The van der Waals surface area contributed by atoms with Gasteiger partial charge in [0.2, 0.25) is 0 Å². The Balaban J connectivity index is 1.55. The Morgan fingerprint density at radius 1 is 1.03 bits per heavy atom. The molecule has 1 aromatic heterocycles. The van der Waals surface area contributed by atoms with E-state index < -0.39 is 6.03 Å². The molecule has 1 atom stereocenters. The number of anilines is 1. The highest BCUT2D eigenvalue weighted by Crippen LogP contribution is 2.38. The molecule has 1 aliphatic rings. The highest BCUT2D eigenvalue weighted by atomic mass is 32.1. The summed E-state index contributed by atoms with van der Waals surface area (Å²) >= 11 is 1.57. The van der Waals surface area contributed by atoms with Crippen molar-refractivity contribution in [2.45, 2.75) is 12.5 Å². The molecule has 0 saturated carbocycles. The number of carbonyl (C=O) groups excluding carboxylic acids is 2. The van der Waals surface area contributed by atoms with Gasteiger partial charge in [-0.2, -0.15) is 5.10 Å². The minimum Gasteiger partial charge on any atom is -0.495 e. The van der Waals surface area contributed by atoms with Crippen molar-refractivity contribution in [1.29, 1.82) is 0 Å². The van der Waals surface area contributed by atoms with Crippen LogP contribution in [0.4, 0.5) is 10.5 Å². The van der Waals surface area contributed by atoms with Gasteiger partial charge in [-0.15, -0.1) is 11.3 Å². The first kappa shape index (κ1) is 25.1. The number of urea groups is 1. The van der Waals surface area contributed by atoms with Gasteiger partial charge in [-0.25, -0.2) is 9.80 Å². The summed E-state index contributed by atoms with van der Waals surface area (Å²) in [5.74, 6) is 1.40. The fraction of sp³-hybridized carbons (Fsp3) is 0.269. The number of hydrogen-bond acceptors (Lipinski definition) is 7. The van der Waals surface area contributed by atoms with E-state index in [1.165, 1.54) is 17.0 Å². The van der Waals surface area contributed by atoms with Gasteiger partial charge in [-0.1, -0.05) is 24.3 Å². The summed E-state index contributed by atoms with van der Waals surface area (Å²) in [5, 5.41) is 10.9. The maximum absolute atomic E-state index is 13.4. The van der Waals surface area contributed by atoms with Crippen molar-refractivity contribution in [3.8, 4) is 17.2 Å². The zero-order chi connectivity index (χ0) is 25.7. The zero-order valence-corrected chi connectivity index (χ0v) is 21.4. The molecule has 10 heteroatoms. The van der Waals surface area contributed by atoms with Gasteiger partial charge < -0.3 is 24.4 Å². The van der Waals surface area contributed by atoms with E-state index in [0.29, 0.717) is 29.4 Å². The van der Waals surface area contributed by atoms with E-state index in [1.807, 2.05) is 41.8 Å². The molecule has 3 amide bonds. The van der Waals surface area contributed by atoms with E-state index in [-0.39, 0.29) is 18.5 Å². The zero-order valence-electron chi connectivity index (χ0n) is 20.6. The van der Waals surface area contributed by atoms with Crippen LogP contribution in [0.1, 0.15) is 22.9 Å². The largest absolute Gasteiger partial charge is 0.495 e. The van der Waals surface area contributed by atoms with Gasteiger partial charge in [0.05, 0.1) is 43.6 Å². The van der Waals surface area contributed by atoms with Crippen LogP contribution in [0.25, 0.3) is 0 Å². The molecule has 2 aromatic carbocycles. The van der Waals surface area contributed by atoms with Crippen molar-refractivity contribution < 1.29 is 23.8 Å². The van der Waals surface area contributed by atoms with Gasteiger partial charge >= 0.3 is 6.03 Å². The number of hydrazone groups is 1. The molecule has 0 spiro atoms. The number of thiophene rings is 1. The Morgan fingerprint density at radius 3 is 2.47 bits per heavy atom. The van der Waals surface area contributed by atoms with E-state index in [2.05, 4.69) is 10.4 Å². The summed E-state index contributed by atoms with van der Waals surface area (Å²) < 4.78 is 16.1. The lowest BCUT2D eigenvalue weighted by Crippen LogP contribution is -2.41. The van der Waals surface area contributed by atoms with Crippen LogP contribution in [0.2, 0.25) is 0 Å². The number of rotatable bonds is 8. The van der Waals surface area contributed by atoms with Crippen molar-refractivity contribution in [2.24, 2.45) is 5.10 Å². The monoisotopic (exact) mass is 508 g/mol. The molecular weight excluding hydrogens is 480 g/mol. The molecular formula is C26H28N4O5S. The molecule has 2 heterocycles. The number of methoxy groups -OCH3 is 3. The van der Waals surface area contributed by atoms with Crippen LogP contribution >= 0.6 is 11.3 Å². The van der Waals surface area contributed by atoms with Crippen LogP contribution in [-0.4, -0.2) is 62.5 Å². The average molecular weight is 509 g/mol. The average Bonchev–Trinajstić information content (AvgIpc) is 3.59. The van der Waals surface area contributed by atoms with Crippen molar-refractivity contribution in [3.63, 3.8) is 0 Å². The number of carbonyl (C=O) groups is 2. The Labute approximate surface area is 213 Å². The molecule has 0 saturated heterocycles. The first-order chi connectivity index (χ1) is 17.4. The smallest absolute Gasteiger partial charge is 0.322 e. The van der Waals surface area contributed by atoms with Crippen LogP contribution in [0, 0.1) is 0 Å². The van der Waals surface area contributed by atoms with Crippen LogP contribution in [-0.2, 0) is 4.79 Å². The molecule has 1 aliphatic heterocycles. The van der Waals surface area contributed by atoms with Crippen molar-refractivity contribution in [3.05, 3.63) is 70.4 Å². The number of nitrogens with one attached hydrogen (secondary N) is 1. The van der Waals surface area contributed by atoms with Crippen molar-refractivity contribution >= 4 is 34.7 Å².